The molecule has 5 nitrogen and oxygen atoms in total. The van der Waals surface area contributed by atoms with Crippen LogP contribution in [0.15, 0.2) is 42.5 Å². The van der Waals surface area contributed by atoms with E-state index in [-0.39, 0.29) is 17.3 Å². The van der Waals surface area contributed by atoms with Gasteiger partial charge in [-0.3, -0.25) is 4.98 Å². The molecule has 0 spiro atoms. The van der Waals surface area contributed by atoms with E-state index >= 15 is 0 Å². The molecule has 0 aliphatic carbocycles. The van der Waals surface area contributed by atoms with Crippen LogP contribution in [0.4, 0.5) is 4.39 Å². The number of aryl methyl sites for hydroxylation is 1. The zero-order valence-electron chi connectivity index (χ0n) is 15.8. The number of methoxy groups -OCH3 is 1. The van der Waals surface area contributed by atoms with Crippen LogP contribution in [0.25, 0.3) is 21.8 Å². The number of H-pyrrole nitrogens is 1. The number of hydrogen-bond acceptors (Lipinski definition) is 4. The van der Waals surface area contributed by atoms with Crippen LogP contribution in [-0.4, -0.2) is 31.2 Å². The number of aromatic nitrogens is 2. The first-order chi connectivity index (χ1) is 13.9. The number of nitrogens with zero attached hydrogens (tertiary/aromatic N) is 1. The van der Waals surface area contributed by atoms with E-state index in [0.29, 0.717) is 12.8 Å². The van der Waals surface area contributed by atoms with Crippen molar-refractivity contribution in [3.63, 3.8) is 0 Å². The maximum atomic E-state index is 14.2. The van der Waals surface area contributed by atoms with Gasteiger partial charge in [0.25, 0.3) is 0 Å². The third kappa shape index (κ3) is 3.06. The lowest BCUT2D eigenvalue weighted by Gasteiger charge is -2.18. The third-order valence-corrected chi connectivity index (χ3v) is 7.07. The first kappa shape index (κ1) is 18.1. The topological polar surface area (TPSA) is 72.0 Å². The average molecular weight is 410 g/mol. The molecule has 2 aromatic heterocycles. The molecular formula is C22H19FN2O3S. The van der Waals surface area contributed by atoms with Crippen LogP contribution in [0.1, 0.15) is 22.5 Å². The Morgan fingerprint density at radius 3 is 2.83 bits per heavy atom. The second kappa shape index (κ2) is 6.56. The van der Waals surface area contributed by atoms with Crippen molar-refractivity contribution in [2.75, 3.05) is 12.9 Å². The fraction of sp³-hybridized carbons (Fsp3) is 0.227. The van der Waals surface area contributed by atoms with E-state index in [9.17, 15) is 12.8 Å². The molecule has 0 amide bonds. The van der Waals surface area contributed by atoms with Gasteiger partial charge in [0, 0.05) is 34.8 Å². The van der Waals surface area contributed by atoms with Gasteiger partial charge in [-0.05, 0) is 29.3 Å². The van der Waals surface area contributed by atoms with E-state index in [4.69, 9.17) is 9.72 Å². The van der Waals surface area contributed by atoms with Gasteiger partial charge < -0.3 is 9.72 Å². The summed E-state index contributed by atoms with van der Waals surface area (Å²) < 4.78 is 43.8. The first-order valence-corrected chi connectivity index (χ1v) is 11.2. The van der Waals surface area contributed by atoms with Gasteiger partial charge in [-0.25, -0.2) is 12.8 Å². The number of aromatic amines is 1. The Morgan fingerprint density at radius 2 is 2.03 bits per heavy atom. The Bertz CT molecular complexity index is 1380. The van der Waals surface area contributed by atoms with Crippen molar-refractivity contribution in [3.05, 3.63) is 70.8 Å². The van der Waals surface area contributed by atoms with Crippen LogP contribution in [0.3, 0.4) is 0 Å². The molecule has 2 aromatic carbocycles. The molecule has 3 heterocycles. The minimum atomic E-state index is -3.14. The SMILES string of the molecule is COc1ccc(Cc2nc3c(c4c2[nH]c2ccccc24)CS(=O)(=O)CC3)cc1F. The highest BCUT2D eigenvalue weighted by atomic mass is 32.2. The Hall–Kier alpha value is -2.93. The number of benzene rings is 2. The van der Waals surface area contributed by atoms with E-state index in [1.807, 2.05) is 30.3 Å². The Labute approximate surface area is 167 Å². The summed E-state index contributed by atoms with van der Waals surface area (Å²) >= 11 is 0. The maximum absolute atomic E-state index is 14.2. The minimum Gasteiger partial charge on any atom is -0.494 e. The van der Waals surface area contributed by atoms with Gasteiger partial charge in [-0.2, -0.15) is 0 Å². The van der Waals surface area contributed by atoms with Crippen molar-refractivity contribution in [2.24, 2.45) is 0 Å². The lowest BCUT2D eigenvalue weighted by atomic mass is 10.0. The summed E-state index contributed by atoms with van der Waals surface area (Å²) in [6, 6.07) is 12.7. The fourth-order valence-electron chi connectivity index (χ4n) is 4.15. The van der Waals surface area contributed by atoms with Crippen LogP contribution < -0.4 is 4.74 Å². The van der Waals surface area contributed by atoms with Gasteiger partial charge in [-0.1, -0.05) is 24.3 Å². The molecule has 29 heavy (non-hydrogen) atoms. The molecule has 1 N–H and O–H groups in total. The summed E-state index contributed by atoms with van der Waals surface area (Å²) in [7, 11) is -1.70. The quantitative estimate of drug-likeness (QED) is 0.556. The first-order valence-electron chi connectivity index (χ1n) is 9.39. The van der Waals surface area contributed by atoms with E-state index in [2.05, 4.69) is 4.98 Å². The molecule has 4 aromatic rings. The summed E-state index contributed by atoms with van der Waals surface area (Å²) in [6.07, 6.45) is 0.835. The van der Waals surface area contributed by atoms with Crippen LogP contribution in [-0.2, 0) is 28.4 Å². The number of pyridine rings is 1. The van der Waals surface area contributed by atoms with Crippen LogP contribution in [0.2, 0.25) is 0 Å². The molecule has 1 aliphatic heterocycles. The summed E-state index contributed by atoms with van der Waals surface area (Å²) in [4.78, 5) is 8.23. The minimum absolute atomic E-state index is 0.00508. The standard InChI is InChI=1S/C22H19FN2O3S/c1-28-20-7-6-13(10-16(20)23)11-19-22-21(14-4-2-3-5-17(14)25-22)15-12-29(26,27)9-8-18(15)24-19/h2-7,10,25H,8-9,11-12H2,1H3. The Morgan fingerprint density at radius 1 is 1.21 bits per heavy atom. The molecule has 5 rings (SSSR count). The summed E-state index contributed by atoms with van der Waals surface area (Å²) in [6.45, 7) is 0. The van der Waals surface area contributed by atoms with E-state index < -0.39 is 15.7 Å². The largest absolute Gasteiger partial charge is 0.494 e. The van der Waals surface area contributed by atoms with Gasteiger partial charge in [0.05, 0.1) is 29.8 Å². The number of rotatable bonds is 3. The predicted molar refractivity (Wildman–Crippen MR) is 111 cm³/mol. The number of nitrogens with one attached hydrogen (secondary N) is 1. The summed E-state index contributed by atoms with van der Waals surface area (Å²) in [5, 5.41) is 1.90. The van der Waals surface area contributed by atoms with Crippen molar-refractivity contribution in [1.82, 2.24) is 9.97 Å². The molecule has 1 aliphatic rings. The number of halogens is 1. The molecule has 0 radical (unpaired) electrons. The van der Waals surface area contributed by atoms with Crippen LogP contribution in [0.5, 0.6) is 5.75 Å². The third-order valence-electron chi connectivity index (χ3n) is 5.52. The lowest BCUT2D eigenvalue weighted by Crippen LogP contribution is -2.21. The van der Waals surface area contributed by atoms with E-state index in [1.165, 1.54) is 13.2 Å². The van der Waals surface area contributed by atoms with Crippen molar-refractivity contribution in [1.29, 1.82) is 0 Å². The van der Waals surface area contributed by atoms with Crippen LogP contribution in [0, 0.1) is 5.82 Å². The second-order valence-electron chi connectivity index (χ2n) is 7.39. The molecule has 0 bridgehead atoms. The highest BCUT2D eigenvalue weighted by Gasteiger charge is 2.27. The van der Waals surface area contributed by atoms with Gasteiger partial charge >= 0.3 is 0 Å². The highest BCUT2D eigenvalue weighted by molar-refractivity contribution is 7.90. The second-order valence-corrected chi connectivity index (χ2v) is 9.58. The van der Waals surface area contributed by atoms with Gasteiger partial charge in [0.15, 0.2) is 21.4 Å². The monoisotopic (exact) mass is 410 g/mol. The molecule has 0 atom stereocenters. The number of hydrogen-bond donors (Lipinski definition) is 1. The summed E-state index contributed by atoms with van der Waals surface area (Å²) in [5.41, 5.74) is 4.92. The Kier molecular flexibility index (Phi) is 4.10. The molecule has 0 saturated carbocycles. The molecule has 0 unspecified atom stereocenters. The molecule has 0 saturated heterocycles. The van der Waals surface area contributed by atoms with Gasteiger partial charge in [-0.15, -0.1) is 0 Å². The number of ether oxygens (including phenoxy) is 1. The van der Waals surface area contributed by atoms with Gasteiger partial charge in [0.2, 0.25) is 0 Å². The van der Waals surface area contributed by atoms with Crippen molar-refractivity contribution < 1.29 is 17.5 Å². The van der Waals surface area contributed by atoms with Gasteiger partial charge in [0.1, 0.15) is 0 Å². The zero-order chi connectivity index (χ0) is 20.2. The van der Waals surface area contributed by atoms with E-state index in [0.717, 1.165) is 44.3 Å². The maximum Gasteiger partial charge on any atom is 0.165 e. The van der Waals surface area contributed by atoms with Crippen molar-refractivity contribution in [2.45, 2.75) is 18.6 Å². The smallest absolute Gasteiger partial charge is 0.165 e. The molecule has 0 fully saturated rings. The fourth-order valence-corrected chi connectivity index (χ4v) is 5.55. The molecule has 7 heteroatoms. The average Bonchev–Trinajstić information content (AvgIpc) is 3.08. The van der Waals surface area contributed by atoms with Crippen molar-refractivity contribution >= 4 is 31.6 Å². The molecule has 148 valence electrons. The predicted octanol–water partition coefficient (Wildman–Crippen LogP) is 3.93. The molecular weight excluding hydrogens is 391 g/mol. The normalized spacial score (nSPS) is 15.5. The lowest BCUT2D eigenvalue weighted by molar-refractivity contribution is 0.386. The zero-order valence-corrected chi connectivity index (χ0v) is 16.6. The van der Waals surface area contributed by atoms with Crippen LogP contribution >= 0.6 is 0 Å². The number of sulfone groups is 1. The van der Waals surface area contributed by atoms with Crippen molar-refractivity contribution in [3.8, 4) is 5.75 Å². The number of fused-ring (bicyclic) bond motifs is 5. The number of para-hydroxylation sites is 1. The van der Waals surface area contributed by atoms with E-state index in [1.54, 1.807) is 6.07 Å². The summed E-state index contributed by atoms with van der Waals surface area (Å²) in [5.74, 6) is -0.0992. The highest BCUT2D eigenvalue weighted by Crippen LogP contribution is 2.35. The Balaban J connectivity index is 1.73.